The third kappa shape index (κ3) is 1.87. The number of nitrogens with zero attached hydrogens (tertiary/aromatic N) is 1. The molecule has 2 nitrogen and oxygen atoms in total. The first-order chi connectivity index (χ1) is 8.77. The van der Waals surface area contributed by atoms with Crippen molar-refractivity contribution in [2.45, 2.75) is 4.90 Å². The van der Waals surface area contributed by atoms with Gasteiger partial charge in [0.05, 0.1) is 21.2 Å². The minimum atomic E-state index is -1.00. The lowest BCUT2D eigenvalue weighted by molar-refractivity contribution is 0.687. The number of hydrogen-bond acceptors (Lipinski definition) is 3. The normalized spacial score (nSPS) is 12.7. The first-order valence-electron chi connectivity index (χ1n) is 5.54. The molecule has 4 heteroatoms. The van der Waals surface area contributed by atoms with Crippen molar-refractivity contribution in [1.82, 2.24) is 4.37 Å². The molecule has 0 aliphatic carbocycles. The molecule has 3 rings (SSSR count). The number of fused-ring (bicyclic) bond motifs is 1. The molecule has 0 amide bonds. The Morgan fingerprint density at radius 1 is 1.06 bits per heavy atom. The average molecular weight is 273 g/mol. The Kier molecular flexibility index (Phi) is 2.97. The highest BCUT2D eigenvalue weighted by atomic mass is 32.2. The summed E-state index contributed by atoms with van der Waals surface area (Å²) in [7, 11) is -1.00. The average Bonchev–Trinajstić information content (AvgIpc) is 2.82. The molecule has 0 fully saturated rings. The van der Waals surface area contributed by atoms with Crippen LogP contribution in [0.15, 0.2) is 53.4 Å². The summed E-state index contributed by atoms with van der Waals surface area (Å²) in [4.78, 5) is 0.841. The zero-order valence-corrected chi connectivity index (χ0v) is 11.4. The van der Waals surface area contributed by atoms with Crippen LogP contribution < -0.4 is 0 Å². The van der Waals surface area contributed by atoms with Crippen molar-refractivity contribution in [3.05, 3.63) is 48.5 Å². The Morgan fingerprint density at radius 3 is 2.61 bits per heavy atom. The lowest BCUT2D eigenvalue weighted by Gasteiger charge is -2.04. The summed E-state index contributed by atoms with van der Waals surface area (Å²) in [5, 5.41) is 1.13. The lowest BCUT2D eigenvalue weighted by Crippen LogP contribution is -1.91. The molecule has 0 spiro atoms. The van der Waals surface area contributed by atoms with Crippen LogP contribution in [0.25, 0.3) is 21.3 Å². The molecule has 1 heterocycles. The van der Waals surface area contributed by atoms with E-state index >= 15 is 0 Å². The minimum Gasteiger partial charge on any atom is -0.255 e. The summed E-state index contributed by atoms with van der Waals surface area (Å²) in [6.45, 7) is 0. The van der Waals surface area contributed by atoms with Crippen LogP contribution in [-0.2, 0) is 10.8 Å². The maximum atomic E-state index is 11.8. The van der Waals surface area contributed by atoms with Gasteiger partial charge >= 0.3 is 0 Å². The van der Waals surface area contributed by atoms with Crippen LogP contribution in [0.2, 0.25) is 0 Å². The van der Waals surface area contributed by atoms with Crippen molar-refractivity contribution >= 4 is 32.4 Å². The van der Waals surface area contributed by atoms with Gasteiger partial charge in [-0.2, -0.15) is 4.37 Å². The highest BCUT2D eigenvalue weighted by Crippen LogP contribution is 2.33. The van der Waals surface area contributed by atoms with Gasteiger partial charge in [-0.3, -0.25) is 4.21 Å². The molecular weight excluding hydrogens is 262 g/mol. The number of rotatable bonds is 2. The Morgan fingerprint density at radius 2 is 1.78 bits per heavy atom. The maximum Gasteiger partial charge on any atom is 0.0931 e. The number of hydrogen-bond donors (Lipinski definition) is 0. The molecule has 1 atom stereocenters. The molecule has 90 valence electrons. The summed E-state index contributed by atoms with van der Waals surface area (Å²) in [6.07, 6.45) is 1.70. The summed E-state index contributed by atoms with van der Waals surface area (Å²) >= 11 is 1.48. The van der Waals surface area contributed by atoms with Gasteiger partial charge in [0.15, 0.2) is 0 Å². The third-order valence-electron chi connectivity index (χ3n) is 2.83. The second-order valence-electron chi connectivity index (χ2n) is 3.98. The van der Waals surface area contributed by atoms with E-state index in [1.54, 1.807) is 6.26 Å². The molecule has 0 N–H and O–H groups in total. The van der Waals surface area contributed by atoms with Gasteiger partial charge in [0.1, 0.15) is 0 Å². The van der Waals surface area contributed by atoms with Gasteiger partial charge < -0.3 is 0 Å². The van der Waals surface area contributed by atoms with Crippen molar-refractivity contribution in [2.75, 3.05) is 6.26 Å². The monoisotopic (exact) mass is 273 g/mol. The standard InChI is InChI=1S/C14H11NOS2/c1-18(16)13-9-5-3-7-11(13)14-10-6-2-4-8-12(10)17-15-14/h2-9H,1H3. The highest BCUT2D eigenvalue weighted by Gasteiger charge is 2.13. The lowest BCUT2D eigenvalue weighted by atomic mass is 10.1. The molecule has 1 unspecified atom stereocenters. The minimum absolute atomic E-state index is 0.841. The van der Waals surface area contributed by atoms with Crippen LogP contribution in [0, 0.1) is 0 Å². The first-order valence-corrected chi connectivity index (χ1v) is 7.88. The van der Waals surface area contributed by atoms with E-state index in [9.17, 15) is 4.21 Å². The molecule has 0 bridgehead atoms. The van der Waals surface area contributed by atoms with Crippen LogP contribution in [0.4, 0.5) is 0 Å². The fraction of sp³-hybridized carbons (Fsp3) is 0.0714. The Balaban J connectivity index is 2.30. The predicted molar refractivity (Wildman–Crippen MR) is 77.4 cm³/mol. The van der Waals surface area contributed by atoms with Gasteiger partial charge in [-0.25, -0.2) is 0 Å². The van der Waals surface area contributed by atoms with Gasteiger partial charge in [0.2, 0.25) is 0 Å². The summed E-state index contributed by atoms with van der Waals surface area (Å²) in [6, 6.07) is 15.9. The van der Waals surface area contributed by atoms with Crippen LogP contribution in [0.3, 0.4) is 0 Å². The van der Waals surface area contributed by atoms with Gasteiger partial charge in [-0.1, -0.05) is 36.4 Å². The molecule has 1 aromatic heterocycles. The molecule has 0 aliphatic heterocycles. The smallest absolute Gasteiger partial charge is 0.0931 e. The summed E-state index contributed by atoms with van der Waals surface area (Å²) in [5.74, 6) is 0. The molecule has 0 saturated carbocycles. The Hall–Kier alpha value is -1.52. The second kappa shape index (κ2) is 4.63. The van der Waals surface area contributed by atoms with Gasteiger partial charge in [0, 0.05) is 22.1 Å². The van der Waals surface area contributed by atoms with E-state index in [-0.39, 0.29) is 0 Å². The highest BCUT2D eigenvalue weighted by molar-refractivity contribution is 7.84. The van der Waals surface area contributed by atoms with E-state index in [0.717, 1.165) is 26.2 Å². The van der Waals surface area contributed by atoms with Crippen molar-refractivity contribution < 1.29 is 4.21 Å². The van der Waals surface area contributed by atoms with Crippen molar-refractivity contribution in [3.63, 3.8) is 0 Å². The van der Waals surface area contributed by atoms with E-state index in [1.165, 1.54) is 11.5 Å². The van der Waals surface area contributed by atoms with Gasteiger partial charge in [0.25, 0.3) is 0 Å². The molecule has 2 aromatic carbocycles. The van der Waals surface area contributed by atoms with Crippen LogP contribution in [-0.4, -0.2) is 14.8 Å². The second-order valence-corrected chi connectivity index (χ2v) is 6.13. The SMILES string of the molecule is CS(=O)c1ccccc1-c1nsc2ccccc12. The molecule has 3 aromatic rings. The largest absolute Gasteiger partial charge is 0.255 e. The quantitative estimate of drug-likeness (QED) is 0.712. The topological polar surface area (TPSA) is 30.0 Å². The van der Waals surface area contributed by atoms with Crippen molar-refractivity contribution in [3.8, 4) is 11.3 Å². The van der Waals surface area contributed by atoms with Crippen LogP contribution >= 0.6 is 11.5 Å². The van der Waals surface area contributed by atoms with E-state index in [1.807, 2.05) is 36.4 Å². The Bertz CT molecular complexity index is 733. The molecular formula is C14H11NOS2. The van der Waals surface area contributed by atoms with E-state index in [0.29, 0.717) is 0 Å². The molecule has 18 heavy (non-hydrogen) atoms. The van der Waals surface area contributed by atoms with E-state index in [2.05, 4.69) is 16.5 Å². The molecule has 0 radical (unpaired) electrons. The first kappa shape index (κ1) is 11.6. The van der Waals surface area contributed by atoms with Crippen molar-refractivity contribution in [2.24, 2.45) is 0 Å². The summed E-state index contributed by atoms with van der Waals surface area (Å²) < 4.78 is 17.5. The fourth-order valence-electron chi connectivity index (χ4n) is 1.99. The third-order valence-corrected chi connectivity index (χ3v) is 4.63. The van der Waals surface area contributed by atoms with Gasteiger partial charge in [-0.05, 0) is 23.7 Å². The zero-order chi connectivity index (χ0) is 12.5. The molecule has 0 saturated heterocycles. The molecule has 0 aliphatic rings. The number of aromatic nitrogens is 1. The van der Waals surface area contributed by atoms with Crippen LogP contribution in [0.5, 0.6) is 0 Å². The van der Waals surface area contributed by atoms with E-state index < -0.39 is 10.8 Å². The maximum absolute atomic E-state index is 11.8. The van der Waals surface area contributed by atoms with E-state index in [4.69, 9.17) is 0 Å². The number of benzene rings is 2. The zero-order valence-electron chi connectivity index (χ0n) is 9.79. The summed E-state index contributed by atoms with van der Waals surface area (Å²) in [5.41, 5.74) is 1.90. The fourth-order valence-corrected chi connectivity index (χ4v) is 3.53. The predicted octanol–water partition coefficient (Wildman–Crippen LogP) is 3.70. The van der Waals surface area contributed by atoms with Crippen LogP contribution in [0.1, 0.15) is 0 Å². The Labute approximate surface area is 112 Å². The van der Waals surface area contributed by atoms with Gasteiger partial charge in [-0.15, -0.1) is 0 Å². The van der Waals surface area contributed by atoms with Crippen molar-refractivity contribution in [1.29, 1.82) is 0 Å².